The number of amides is 1. The third-order valence-electron chi connectivity index (χ3n) is 1.95. The smallest absolute Gasteiger partial charge is 0.250 e. The zero-order valence-electron chi connectivity index (χ0n) is 6.21. The van der Waals surface area contributed by atoms with E-state index in [1.54, 1.807) is 0 Å². The van der Waals surface area contributed by atoms with E-state index in [9.17, 15) is 4.79 Å². The molecule has 0 aromatic heterocycles. The van der Waals surface area contributed by atoms with E-state index in [-0.39, 0.29) is 5.91 Å². The predicted octanol–water partition coefficient (Wildman–Crippen LogP) is 1.63. The van der Waals surface area contributed by atoms with Crippen LogP contribution in [0.4, 0.5) is 0 Å². The average Bonchev–Trinajstić information content (AvgIpc) is 2.04. The molecule has 0 aromatic carbocycles. The lowest BCUT2D eigenvalue weighted by Gasteiger charge is -2.13. The molecule has 2 rings (SSSR count). The van der Waals surface area contributed by atoms with Gasteiger partial charge in [-0.15, -0.1) is 0 Å². The van der Waals surface area contributed by atoms with Gasteiger partial charge in [-0.2, -0.15) is 0 Å². The van der Waals surface area contributed by atoms with Crippen molar-refractivity contribution in [3.8, 4) is 0 Å². The molecule has 0 spiro atoms. The third-order valence-corrected chi connectivity index (χ3v) is 1.95. The maximum absolute atomic E-state index is 10.9. The molecule has 56 valence electrons. The Kier molecular flexibility index (Phi) is 1.46. The average molecular weight is 147 g/mol. The zero-order chi connectivity index (χ0) is 7.68. The van der Waals surface area contributed by atoms with E-state index in [2.05, 4.69) is 11.1 Å². The van der Waals surface area contributed by atoms with Gasteiger partial charge in [-0.05, 0) is 24.5 Å². The molecule has 2 aliphatic rings. The van der Waals surface area contributed by atoms with E-state index in [1.807, 2.05) is 12.2 Å². The second-order valence-corrected chi connectivity index (χ2v) is 2.77. The Morgan fingerprint density at radius 2 is 2.36 bits per heavy atom. The summed E-state index contributed by atoms with van der Waals surface area (Å²) in [7, 11) is 0. The van der Waals surface area contributed by atoms with Crippen LogP contribution < -0.4 is 0 Å². The maximum atomic E-state index is 10.9. The van der Waals surface area contributed by atoms with Crippen molar-refractivity contribution in [3.05, 3.63) is 23.8 Å². The van der Waals surface area contributed by atoms with Crippen LogP contribution in [0.1, 0.15) is 19.3 Å². The molecule has 0 saturated heterocycles. The fourth-order valence-corrected chi connectivity index (χ4v) is 1.38. The van der Waals surface area contributed by atoms with Crippen LogP contribution in [-0.2, 0) is 4.79 Å². The van der Waals surface area contributed by atoms with Crippen molar-refractivity contribution in [1.82, 2.24) is 0 Å². The van der Waals surface area contributed by atoms with Gasteiger partial charge in [0.2, 0.25) is 5.91 Å². The van der Waals surface area contributed by atoms with E-state index in [0.29, 0.717) is 6.42 Å². The van der Waals surface area contributed by atoms with E-state index >= 15 is 0 Å². The van der Waals surface area contributed by atoms with E-state index in [1.165, 1.54) is 5.57 Å². The first-order valence-electron chi connectivity index (χ1n) is 3.84. The number of aliphatic imine (C=N–C) groups is 1. The number of carbonyl (C=O) groups excluding carboxylic acids is 1. The van der Waals surface area contributed by atoms with Crippen LogP contribution in [0.25, 0.3) is 0 Å². The van der Waals surface area contributed by atoms with Gasteiger partial charge in [0, 0.05) is 6.42 Å². The van der Waals surface area contributed by atoms with Gasteiger partial charge in [0.1, 0.15) is 0 Å². The molecule has 0 unspecified atom stereocenters. The molecule has 0 radical (unpaired) electrons. The number of hydrogen-bond donors (Lipinski definition) is 0. The fraction of sp³-hybridized carbons (Fsp3) is 0.333. The Hall–Kier alpha value is -1.18. The molecule has 0 atom stereocenters. The second kappa shape index (κ2) is 2.46. The first-order chi connectivity index (χ1) is 5.36. The highest BCUT2D eigenvalue weighted by atomic mass is 16.1. The minimum atomic E-state index is -0.0182. The van der Waals surface area contributed by atoms with Crippen LogP contribution in [0.2, 0.25) is 0 Å². The Morgan fingerprint density at radius 3 is 3.27 bits per heavy atom. The summed E-state index contributed by atoms with van der Waals surface area (Å²) < 4.78 is 0. The Balaban J connectivity index is 2.38. The lowest BCUT2D eigenvalue weighted by atomic mass is 9.96. The van der Waals surface area contributed by atoms with Crippen molar-refractivity contribution in [2.75, 3.05) is 0 Å². The highest BCUT2D eigenvalue weighted by Gasteiger charge is 2.14. The second-order valence-electron chi connectivity index (χ2n) is 2.77. The van der Waals surface area contributed by atoms with Crippen LogP contribution in [0.3, 0.4) is 0 Å². The summed E-state index contributed by atoms with van der Waals surface area (Å²) in [5, 5.41) is 0. The summed E-state index contributed by atoms with van der Waals surface area (Å²) in [4.78, 5) is 14.8. The first kappa shape index (κ1) is 6.53. The Labute approximate surface area is 65.3 Å². The molecule has 1 heterocycles. The molecule has 0 N–H and O–H groups in total. The van der Waals surface area contributed by atoms with Gasteiger partial charge >= 0.3 is 0 Å². The Morgan fingerprint density at radius 1 is 1.45 bits per heavy atom. The molecular formula is C9H9NO. The number of rotatable bonds is 0. The number of fused-ring (bicyclic) bond motifs is 1. The minimum absolute atomic E-state index is 0.0182. The molecular weight excluding hydrogens is 138 g/mol. The summed E-state index contributed by atoms with van der Waals surface area (Å²) in [6, 6.07) is 0. The van der Waals surface area contributed by atoms with Crippen LogP contribution in [-0.4, -0.2) is 11.6 Å². The minimum Gasteiger partial charge on any atom is -0.272 e. The summed E-state index contributed by atoms with van der Waals surface area (Å²) in [5.74, 6) is -0.0182. The highest BCUT2D eigenvalue weighted by Crippen LogP contribution is 2.19. The summed E-state index contributed by atoms with van der Waals surface area (Å²) in [5.41, 5.74) is 2.12. The topological polar surface area (TPSA) is 29.4 Å². The molecule has 2 nitrogen and oxygen atoms in total. The quantitative estimate of drug-likeness (QED) is 0.512. The van der Waals surface area contributed by atoms with E-state index < -0.39 is 0 Å². The number of nitrogens with zero attached hydrogens (tertiary/aromatic N) is 1. The number of hydrogen-bond acceptors (Lipinski definition) is 1. The van der Waals surface area contributed by atoms with Gasteiger partial charge in [-0.25, -0.2) is 4.99 Å². The third kappa shape index (κ3) is 1.16. The van der Waals surface area contributed by atoms with Crippen molar-refractivity contribution in [1.29, 1.82) is 0 Å². The van der Waals surface area contributed by atoms with Gasteiger partial charge in [-0.3, -0.25) is 4.79 Å². The molecule has 0 bridgehead atoms. The predicted molar refractivity (Wildman–Crippen MR) is 43.5 cm³/mol. The van der Waals surface area contributed by atoms with Gasteiger partial charge in [0.25, 0.3) is 0 Å². The largest absolute Gasteiger partial charge is 0.272 e. The van der Waals surface area contributed by atoms with Crippen LogP contribution in [0.15, 0.2) is 28.8 Å². The molecule has 2 heteroatoms. The van der Waals surface area contributed by atoms with Crippen LogP contribution in [0, 0.1) is 0 Å². The van der Waals surface area contributed by atoms with E-state index in [0.717, 1.165) is 18.6 Å². The summed E-state index contributed by atoms with van der Waals surface area (Å²) in [6.45, 7) is 0. The summed E-state index contributed by atoms with van der Waals surface area (Å²) in [6.07, 6.45) is 8.61. The molecule has 1 aliphatic carbocycles. The fourth-order valence-electron chi connectivity index (χ4n) is 1.38. The van der Waals surface area contributed by atoms with Gasteiger partial charge in [-0.1, -0.05) is 12.2 Å². The van der Waals surface area contributed by atoms with Gasteiger partial charge in [0.05, 0.1) is 5.71 Å². The molecule has 0 aromatic rings. The number of carbonyl (C=O) groups is 1. The van der Waals surface area contributed by atoms with Gasteiger partial charge < -0.3 is 0 Å². The van der Waals surface area contributed by atoms with Crippen LogP contribution in [0.5, 0.6) is 0 Å². The van der Waals surface area contributed by atoms with Crippen molar-refractivity contribution in [3.63, 3.8) is 0 Å². The van der Waals surface area contributed by atoms with Crippen molar-refractivity contribution in [2.24, 2.45) is 4.99 Å². The van der Waals surface area contributed by atoms with Crippen molar-refractivity contribution >= 4 is 11.6 Å². The number of dihydropyridines is 1. The highest BCUT2D eigenvalue weighted by molar-refractivity contribution is 6.15. The normalized spacial score (nSPS) is 22.4. The summed E-state index contributed by atoms with van der Waals surface area (Å²) >= 11 is 0. The van der Waals surface area contributed by atoms with Crippen molar-refractivity contribution in [2.45, 2.75) is 19.3 Å². The number of allylic oxidation sites excluding steroid dienone is 3. The monoisotopic (exact) mass is 147 g/mol. The molecule has 0 fully saturated rings. The molecule has 11 heavy (non-hydrogen) atoms. The lowest BCUT2D eigenvalue weighted by molar-refractivity contribution is -0.117. The van der Waals surface area contributed by atoms with Crippen molar-refractivity contribution < 1.29 is 4.79 Å². The molecule has 0 saturated carbocycles. The molecule has 1 aliphatic heterocycles. The van der Waals surface area contributed by atoms with E-state index in [4.69, 9.17) is 0 Å². The molecule has 1 amide bonds. The van der Waals surface area contributed by atoms with Crippen LogP contribution >= 0.6 is 0 Å². The first-order valence-corrected chi connectivity index (χ1v) is 3.84. The maximum Gasteiger partial charge on any atom is 0.250 e. The SMILES string of the molecule is O=C1CC=C2CCC=CC2=N1. The lowest BCUT2D eigenvalue weighted by Crippen LogP contribution is -2.11. The Bertz CT molecular complexity index is 284. The van der Waals surface area contributed by atoms with Gasteiger partial charge in [0.15, 0.2) is 0 Å². The zero-order valence-corrected chi connectivity index (χ0v) is 6.21. The standard InChI is InChI=1S/C9H9NO/c11-9-6-5-7-3-1-2-4-8(7)10-9/h2,4-5H,1,3,6H2.